The lowest BCUT2D eigenvalue weighted by Gasteiger charge is -2.14. The number of esters is 1. The van der Waals surface area contributed by atoms with Gasteiger partial charge in [0.25, 0.3) is 0 Å². The van der Waals surface area contributed by atoms with Crippen molar-refractivity contribution in [3.8, 4) is 0 Å². The monoisotopic (exact) mass is 271 g/mol. The number of carbonyl (C=O) groups is 1. The van der Waals surface area contributed by atoms with Crippen LogP contribution in [-0.4, -0.2) is 27.6 Å². The van der Waals surface area contributed by atoms with Crippen LogP contribution in [-0.2, 0) is 4.74 Å². The summed E-state index contributed by atoms with van der Waals surface area (Å²) < 4.78 is 6.91. The van der Waals surface area contributed by atoms with Crippen LogP contribution in [0.5, 0.6) is 0 Å². The largest absolute Gasteiger partial charge is 0.461 e. The van der Waals surface area contributed by atoms with Crippen LogP contribution in [0.1, 0.15) is 41.9 Å². The van der Waals surface area contributed by atoms with Crippen molar-refractivity contribution in [2.75, 3.05) is 6.61 Å². The predicted octanol–water partition coefficient (Wildman–Crippen LogP) is 2.45. The molecule has 1 aliphatic rings. The minimum Gasteiger partial charge on any atom is -0.461 e. The molecule has 1 atom stereocenters. The average Bonchev–Trinajstić information content (AvgIpc) is 3.19. The van der Waals surface area contributed by atoms with Gasteiger partial charge in [-0.2, -0.15) is 0 Å². The van der Waals surface area contributed by atoms with E-state index in [1.807, 2.05) is 37.3 Å². The topological polar surface area (TPSA) is 57.0 Å². The number of ether oxygens (including phenoxy) is 1. The molecule has 1 aromatic heterocycles. The van der Waals surface area contributed by atoms with Crippen LogP contribution in [0.15, 0.2) is 36.5 Å². The highest BCUT2D eigenvalue weighted by molar-refractivity contribution is 5.87. The van der Waals surface area contributed by atoms with E-state index in [1.54, 1.807) is 4.68 Å². The van der Waals surface area contributed by atoms with Gasteiger partial charge in [-0.05, 0) is 31.2 Å². The van der Waals surface area contributed by atoms with E-state index >= 15 is 0 Å². The smallest absolute Gasteiger partial charge is 0.358 e. The second-order valence-electron chi connectivity index (χ2n) is 5.19. The molecule has 0 amide bonds. The Morgan fingerprint density at radius 3 is 2.85 bits per heavy atom. The van der Waals surface area contributed by atoms with Gasteiger partial charge < -0.3 is 4.74 Å². The predicted molar refractivity (Wildman–Crippen MR) is 73.3 cm³/mol. The van der Waals surface area contributed by atoms with E-state index in [9.17, 15) is 4.79 Å². The van der Waals surface area contributed by atoms with Crippen LogP contribution in [0.3, 0.4) is 0 Å². The minimum absolute atomic E-state index is 0.0535. The Balaban J connectivity index is 1.76. The van der Waals surface area contributed by atoms with Crippen LogP contribution in [0, 0.1) is 5.92 Å². The zero-order valence-electron chi connectivity index (χ0n) is 11.4. The van der Waals surface area contributed by atoms with Crippen molar-refractivity contribution in [2.24, 2.45) is 5.92 Å². The third-order valence-electron chi connectivity index (χ3n) is 3.58. The molecular weight excluding hydrogens is 254 g/mol. The molecule has 5 heteroatoms. The highest BCUT2D eigenvalue weighted by Crippen LogP contribution is 2.29. The summed E-state index contributed by atoms with van der Waals surface area (Å²) in [7, 11) is 0. The molecule has 1 heterocycles. The summed E-state index contributed by atoms with van der Waals surface area (Å²) in [5.41, 5.74) is 1.48. The quantitative estimate of drug-likeness (QED) is 0.784. The van der Waals surface area contributed by atoms with E-state index in [1.165, 1.54) is 6.20 Å². The van der Waals surface area contributed by atoms with Gasteiger partial charge >= 0.3 is 5.97 Å². The lowest BCUT2D eigenvalue weighted by Crippen LogP contribution is -2.18. The summed E-state index contributed by atoms with van der Waals surface area (Å²) in [6, 6.07) is 9.85. The fourth-order valence-electron chi connectivity index (χ4n) is 2.10. The Morgan fingerprint density at radius 1 is 1.40 bits per heavy atom. The first-order chi connectivity index (χ1) is 9.75. The number of nitrogens with zero attached hydrogens (tertiary/aromatic N) is 3. The normalized spacial score (nSPS) is 15.8. The van der Waals surface area contributed by atoms with E-state index in [0.29, 0.717) is 18.2 Å². The lowest BCUT2D eigenvalue weighted by atomic mass is 10.1. The number of benzene rings is 1. The first-order valence-corrected chi connectivity index (χ1v) is 6.88. The fourth-order valence-corrected chi connectivity index (χ4v) is 2.10. The van der Waals surface area contributed by atoms with Crippen molar-refractivity contribution >= 4 is 5.97 Å². The maximum atomic E-state index is 12.1. The molecule has 0 saturated heterocycles. The Bertz CT molecular complexity index is 590. The first kappa shape index (κ1) is 12.8. The molecule has 0 N–H and O–H groups in total. The van der Waals surface area contributed by atoms with E-state index in [4.69, 9.17) is 4.74 Å². The number of rotatable bonds is 5. The minimum atomic E-state index is -0.343. The zero-order valence-corrected chi connectivity index (χ0v) is 11.4. The van der Waals surface area contributed by atoms with Crippen molar-refractivity contribution in [1.29, 1.82) is 0 Å². The van der Waals surface area contributed by atoms with Crippen molar-refractivity contribution in [2.45, 2.75) is 25.8 Å². The molecule has 1 aliphatic carbocycles. The average molecular weight is 271 g/mol. The number of aromatic nitrogens is 3. The van der Waals surface area contributed by atoms with Crippen LogP contribution < -0.4 is 0 Å². The molecule has 1 saturated carbocycles. The molecule has 3 rings (SSSR count). The van der Waals surface area contributed by atoms with Crippen molar-refractivity contribution < 1.29 is 9.53 Å². The Kier molecular flexibility index (Phi) is 3.50. The van der Waals surface area contributed by atoms with Gasteiger partial charge in [0.1, 0.15) is 0 Å². The number of carbonyl (C=O) groups excluding carboxylic acids is 1. The third-order valence-corrected chi connectivity index (χ3v) is 3.58. The van der Waals surface area contributed by atoms with Crippen LogP contribution in [0.2, 0.25) is 0 Å². The van der Waals surface area contributed by atoms with Gasteiger partial charge in [0.05, 0.1) is 18.8 Å². The summed E-state index contributed by atoms with van der Waals surface area (Å²) in [6.45, 7) is 2.49. The van der Waals surface area contributed by atoms with Gasteiger partial charge in [-0.25, -0.2) is 9.48 Å². The molecule has 2 aromatic rings. The van der Waals surface area contributed by atoms with E-state index in [-0.39, 0.29) is 12.0 Å². The van der Waals surface area contributed by atoms with E-state index < -0.39 is 0 Å². The SMILES string of the molecule is C[C@H](c1ccccc1)n1nncc1C(=O)OCC1CC1. The van der Waals surface area contributed by atoms with Crippen LogP contribution in [0.4, 0.5) is 0 Å². The maximum Gasteiger partial charge on any atom is 0.358 e. The second kappa shape index (κ2) is 5.45. The van der Waals surface area contributed by atoms with Gasteiger partial charge in [-0.15, -0.1) is 5.10 Å². The van der Waals surface area contributed by atoms with Crippen molar-refractivity contribution in [1.82, 2.24) is 15.0 Å². The second-order valence-corrected chi connectivity index (χ2v) is 5.19. The molecule has 1 fully saturated rings. The highest BCUT2D eigenvalue weighted by atomic mass is 16.5. The Morgan fingerprint density at radius 2 is 2.15 bits per heavy atom. The van der Waals surface area contributed by atoms with Crippen LogP contribution >= 0.6 is 0 Å². The van der Waals surface area contributed by atoms with Gasteiger partial charge in [0.2, 0.25) is 0 Å². The molecule has 0 aliphatic heterocycles. The molecule has 104 valence electrons. The van der Waals surface area contributed by atoms with E-state index in [2.05, 4.69) is 10.3 Å². The van der Waals surface area contributed by atoms with Crippen LogP contribution in [0.25, 0.3) is 0 Å². The highest BCUT2D eigenvalue weighted by Gasteiger charge is 2.25. The fraction of sp³-hybridized carbons (Fsp3) is 0.400. The number of hydrogen-bond acceptors (Lipinski definition) is 4. The summed E-state index contributed by atoms with van der Waals surface area (Å²) in [6.07, 6.45) is 3.78. The molecule has 0 radical (unpaired) electrons. The van der Waals surface area contributed by atoms with Crippen molar-refractivity contribution in [3.63, 3.8) is 0 Å². The molecule has 5 nitrogen and oxygen atoms in total. The summed E-state index contributed by atoms with van der Waals surface area (Å²) in [5.74, 6) is 0.208. The van der Waals surface area contributed by atoms with Gasteiger partial charge in [-0.3, -0.25) is 0 Å². The van der Waals surface area contributed by atoms with E-state index in [0.717, 1.165) is 18.4 Å². The standard InChI is InChI=1S/C15H17N3O2/c1-11(13-5-3-2-4-6-13)18-14(9-16-17-18)15(19)20-10-12-7-8-12/h2-6,9,11-12H,7-8,10H2,1H3/t11-/m1/s1. The van der Waals surface area contributed by atoms with Gasteiger partial charge in [-0.1, -0.05) is 35.5 Å². The van der Waals surface area contributed by atoms with Gasteiger partial charge in [0, 0.05) is 0 Å². The zero-order chi connectivity index (χ0) is 13.9. The van der Waals surface area contributed by atoms with Gasteiger partial charge in [0.15, 0.2) is 5.69 Å². The molecule has 0 unspecified atom stereocenters. The molecule has 1 aromatic carbocycles. The summed E-state index contributed by atoms with van der Waals surface area (Å²) in [4.78, 5) is 12.1. The summed E-state index contributed by atoms with van der Waals surface area (Å²) in [5, 5.41) is 7.87. The molecular formula is C15H17N3O2. The third kappa shape index (κ3) is 2.71. The molecule has 0 bridgehead atoms. The Hall–Kier alpha value is -2.17. The molecule has 20 heavy (non-hydrogen) atoms. The summed E-state index contributed by atoms with van der Waals surface area (Å²) >= 11 is 0. The molecule has 0 spiro atoms. The Labute approximate surface area is 117 Å². The number of hydrogen-bond donors (Lipinski definition) is 0. The first-order valence-electron chi connectivity index (χ1n) is 6.88. The van der Waals surface area contributed by atoms with Crippen molar-refractivity contribution in [3.05, 3.63) is 47.8 Å². The maximum absolute atomic E-state index is 12.1. The lowest BCUT2D eigenvalue weighted by molar-refractivity contribution is 0.0470.